The van der Waals surface area contributed by atoms with Gasteiger partial charge in [-0.3, -0.25) is 4.79 Å². The summed E-state index contributed by atoms with van der Waals surface area (Å²) < 4.78 is 15.8. The first-order chi connectivity index (χ1) is 7.90. The molecule has 1 heterocycles. The Morgan fingerprint density at radius 1 is 1.41 bits per heavy atom. The van der Waals surface area contributed by atoms with Crippen LogP contribution >= 0.6 is 0 Å². The van der Waals surface area contributed by atoms with E-state index < -0.39 is 17.2 Å². The van der Waals surface area contributed by atoms with Gasteiger partial charge in [-0.05, 0) is 26.3 Å². The summed E-state index contributed by atoms with van der Waals surface area (Å²) in [4.78, 5) is 14.3. The van der Waals surface area contributed by atoms with Crippen LogP contribution in [0.2, 0.25) is 0 Å². The topological polar surface area (TPSA) is 93.5 Å². The number of hydrogen-bond acceptors (Lipinski definition) is 5. The van der Waals surface area contributed by atoms with Gasteiger partial charge in [0.1, 0.15) is 5.41 Å². The van der Waals surface area contributed by atoms with Crippen LogP contribution in [-0.4, -0.2) is 38.1 Å². The molecule has 0 aliphatic carbocycles. The van der Waals surface area contributed by atoms with Crippen molar-refractivity contribution in [2.45, 2.75) is 26.6 Å². The van der Waals surface area contributed by atoms with Gasteiger partial charge in [-0.1, -0.05) is 5.11 Å². The molecule has 0 aromatic heterocycles. The molecule has 1 aliphatic rings. The highest BCUT2D eigenvalue weighted by Gasteiger charge is 2.43. The Bertz CT molecular complexity index is 326. The van der Waals surface area contributed by atoms with Gasteiger partial charge in [-0.25, -0.2) is 0 Å². The second kappa shape index (κ2) is 5.35. The third kappa shape index (κ3) is 3.89. The first-order valence-corrected chi connectivity index (χ1v) is 5.36. The molecule has 1 rings (SSSR count). The van der Waals surface area contributed by atoms with E-state index in [0.717, 1.165) is 0 Å². The van der Waals surface area contributed by atoms with Crippen molar-refractivity contribution >= 4 is 5.97 Å². The van der Waals surface area contributed by atoms with Gasteiger partial charge in [0.2, 0.25) is 0 Å². The summed E-state index contributed by atoms with van der Waals surface area (Å²) >= 11 is 0. The lowest BCUT2D eigenvalue weighted by Gasteiger charge is -2.39. The molecule has 96 valence electrons. The van der Waals surface area contributed by atoms with Crippen molar-refractivity contribution in [3.63, 3.8) is 0 Å². The van der Waals surface area contributed by atoms with Crippen LogP contribution in [0.3, 0.4) is 0 Å². The van der Waals surface area contributed by atoms with Gasteiger partial charge in [0.05, 0.1) is 26.4 Å². The summed E-state index contributed by atoms with van der Waals surface area (Å²) in [6, 6.07) is 0. The number of ether oxygens (including phenoxy) is 3. The molecule has 0 atom stereocenters. The number of nitrogens with zero attached hydrogens (tertiary/aromatic N) is 3. The Morgan fingerprint density at radius 3 is 2.53 bits per heavy atom. The van der Waals surface area contributed by atoms with Crippen LogP contribution in [0, 0.1) is 5.41 Å². The summed E-state index contributed by atoms with van der Waals surface area (Å²) in [6.45, 7) is 6.01. The number of hydrogen-bond donors (Lipinski definition) is 0. The monoisotopic (exact) mass is 243 g/mol. The Morgan fingerprint density at radius 2 is 2.00 bits per heavy atom. The SMILES string of the molecule is CC1(C)OCC(C)(C(=O)OCCN=[N+]=[N-])CO1. The Balaban J connectivity index is 2.43. The number of rotatable bonds is 4. The Kier molecular flexibility index (Phi) is 4.34. The van der Waals surface area contributed by atoms with E-state index in [9.17, 15) is 4.79 Å². The number of carbonyl (C=O) groups excluding carboxylic acids is 1. The quantitative estimate of drug-likeness (QED) is 0.246. The van der Waals surface area contributed by atoms with Gasteiger partial charge in [0, 0.05) is 4.91 Å². The average Bonchev–Trinajstić information content (AvgIpc) is 2.29. The molecule has 0 radical (unpaired) electrons. The van der Waals surface area contributed by atoms with Crippen LogP contribution < -0.4 is 0 Å². The van der Waals surface area contributed by atoms with E-state index in [1.165, 1.54) is 0 Å². The number of carbonyl (C=O) groups is 1. The summed E-state index contributed by atoms with van der Waals surface area (Å²) in [5, 5.41) is 3.28. The fourth-order valence-corrected chi connectivity index (χ4v) is 1.27. The molecule has 0 saturated carbocycles. The minimum atomic E-state index is -0.800. The van der Waals surface area contributed by atoms with Gasteiger partial charge in [0.15, 0.2) is 5.79 Å². The molecule has 0 bridgehead atoms. The lowest BCUT2D eigenvalue weighted by Crippen LogP contribution is -2.49. The zero-order chi connectivity index (χ0) is 12.9. The molecule has 0 unspecified atom stereocenters. The van der Waals surface area contributed by atoms with E-state index in [1.54, 1.807) is 20.8 Å². The standard InChI is InChI=1S/C10H17N3O4/c1-9(2)16-6-10(3,7-17-9)8(14)15-5-4-12-13-11/h4-7H2,1-3H3. The molecule has 0 aromatic rings. The van der Waals surface area contributed by atoms with Crippen molar-refractivity contribution in [2.75, 3.05) is 26.4 Å². The van der Waals surface area contributed by atoms with E-state index in [-0.39, 0.29) is 26.4 Å². The summed E-state index contributed by atoms with van der Waals surface area (Å²) in [6.07, 6.45) is 0. The average molecular weight is 243 g/mol. The van der Waals surface area contributed by atoms with E-state index in [0.29, 0.717) is 0 Å². The van der Waals surface area contributed by atoms with E-state index in [2.05, 4.69) is 10.0 Å². The predicted octanol–water partition coefficient (Wildman–Crippen LogP) is 1.63. The minimum absolute atomic E-state index is 0.0713. The molecule has 0 aromatic carbocycles. The molecule has 0 N–H and O–H groups in total. The molecular formula is C10H17N3O4. The second-order valence-electron chi connectivity index (χ2n) is 4.63. The first kappa shape index (κ1) is 13.8. The van der Waals surface area contributed by atoms with Crippen LogP contribution in [0.5, 0.6) is 0 Å². The van der Waals surface area contributed by atoms with E-state index >= 15 is 0 Å². The van der Waals surface area contributed by atoms with Gasteiger partial charge >= 0.3 is 5.97 Å². The Labute approximate surface area is 99.7 Å². The summed E-state index contributed by atoms with van der Waals surface area (Å²) in [5.74, 6) is -1.06. The highest BCUT2D eigenvalue weighted by molar-refractivity contribution is 5.76. The highest BCUT2D eigenvalue weighted by Crippen LogP contribution is 2.30. The molecule has 0 amide bonds. The van der Waals surface area contributed by atoms with Crippen molar-refractivity contribution in [1.82, 2.24) is 0 Å². The third-order valence-corrected chi connectivity index (χ3v) is 2.46. The number of azide groups is 1. The molecular weight excluding hydrogens is 226 g/mol. The molecule has 17 heavy (non-hydrogen) atoms. The van der Waals surface area contributed by atoms with Crippen molar-refractivity contribution in [1.29, 1.82) is 0 Å². The maximum absolute atomic E-state index is 11.8. The van der Waals surface area contributed by atoms with Crippen molar-refractivity contribution in [2.24, 2.45) is 10.5 Å². The van der Waals surface area contributed by atoms with Gasteiger partial charge < -0.3 is 14.2 Å². The van der Waals surface area contributed by atoms with Crippen molar-refractivity contribution < 1.29 is 19.0 Å². The fourth-order valence-electron chi connectivity index (χ4n) is 1.27. The largest absolute Gasteiger partial charge is 0.465 e. The molecule has 7 nitrogen and oxygen atoms in total. The van der Waals surface area contributed by atoms with Gasteiger partial charge in [0.25, 0.3) is 0 Å². The van der Waals surface area contributed by atoms with Crippen LogP contribution in [0.15, 0.2) is 5.11 Å². The van der Waals surface area contributed by atoms with E-state index in [4.69, 9.17) is 19.7 Å². The van der Waals surface area contributed by atoms with Crippen LogP contribution in [0.1, 0.15) is 20.8 Å². The molecule has 1 saturated heterocycles. The summed E-state index contributed by atoms with van der Waals surface area (Å²) in [5.41, 5.74) is 7.27. The van der Waals surface area contributed by atoms with Crippen molar-refractivity contribution in [3.05, 3.63) is 10.4 Å². The highest BCUT2D eigenvalue weighted by atomic mass is 16.7. The first-order valence-electron chi connectivity index (χ1n) is 5.36. The molecule has 1 fully saturated rings. The maximum atomic E-state index is 11.8. The molecule has 1 aliphatic heterocycles. The third-order valence-electron chi connectivity index (χ3n) is 2.46. The minimum Gasteiger partial charge on any atom is -0.465 e. The molecule has 0 spiro atoms. The zero-order valence-electron chi connectivity index (χ0n) is 10.3. The van der Waals surface area contributed by atoms with Gasteiger partial charge in [-0.15, -0.1) is 0 Å². The molecule has 7 heteroatoms. The smallest absolute Gasteiger partial charge is 0.316 e. The van der Waals surface area contributed by atoms with Crippen molar-refractivity contribution in [3.8, 4) is 0 Å². The van der Waals surface area contributed by atoms with Crippen LogP contribution in [-0.2, 0) is 19.0 Å². The van der Waals surface area contributed by atoms with Crippen LogP contribution in [0.25, 0.3) is 10.4 Å². The van der Waals surface area contributed by atoms with Gasteiger partial charge in [-0.2, -0.15) is 0 Å². The zero-order valence-corrected chi connectivity index (χ0v) is 10.3. The lowest BCUT2D eigenvalue weighted by molar-refractivity contribution is -0.281. The van der Waals surface area contributed by atoms with E-state index in [1.807, 2.05) is 0 Å². The maximum Gasteiger partial charge on any atom is 0.316 e. The van der Waals surface area contributed by atoms with Crippen LogP contribution in [0.4, 0.5) is 0 Å². The Hall–Kier alpha value is -1.30. The number of esters is 1. The lowest BCUT2D eigenvalue weighted by atomic mass is 9.92. The fraction of sp³-hybridized carbons (Fsp3) is 0.900. The second-order valence-corrected chi connectivity index (χ2v) is 4.63. The predicted molar refractivity (Wildman–Crippen MR) is 59.1 cm³/mol. The summed E-state index contributed by atoms with van der Waals surface area (Å²) in [7, 11) is 0. The normalized spacial score (nSPS) is 21.4.